The van der Waals surface area contributed by atoms with Gasteiger partial charge in [-0.1, -0.05) is 0 Å². The number of morpholine rings is 1. The van der Waals surface area contributed by atoms with Crippen LogP contribution in [0.4, 0.5) is 0 Å². The summed E-state index contributed by atoms with van der Waals surface area (Å²) >= 11 is 0. The molecule has 5 heteroatoms. The van der Waals surface area contributed by atoms with Gasteiger partial charge in [-0.3, -0.25) is 9.69 Å². The molecule has 0 aromatic carbocycles. The van der Waals surface area contributed by atoms with Gasteiger partial charge in [-0.05, 0) is 38.3 Å². The Hall–Kier alpha value is -0.650. The fraction of sp³-hybridized carbons (Fsp3) is 0.923. The normalized spacial score (nSPS) is 20.9. The molecule has 0 unspecified atom stereocenters. The average Bonchev–Trinajstić information content (AvgIpc) is 3.21. The number of hydrogen-bond acceptors (Lipinski definition) is 4. The van der Waals surface area contributed by atoms with Crippen molar-refractivity contribution in [1.29, 1.82) is 0 Å². The summed E-state index contributed by atoms with van der Waals surface area (Å²) < 4.78 is 5.30. The first-order chi connectivity index (χ1) is 8.84. The molecule has 1 saturated carbocycles. The standard InChI is InChI=1S/C13H25N3O2/c17-13(15-10-12-2-3-12)11-14-4-1-5-16-6-8-18-9-7-16/h12,14H,1-11H2,(H,15,17). The number of hydrogen-bond donors (Lipinski definition) is 2. The van der Waals surface area contributed by atoms with Gasteiger partial charge in [0.05, 0.1) is 19.8 Å². The Morgan fingerprint density at radius 3 is 2.78 bits per heavy atom. The predicted molar refractivity (Wildman–Crippen MR) is 70.5 cm³/mol. The van der Waals surface area contributed by atoms with Crippen LogP contribution in [0.5, 0.6) is 0 Å². The van der Waals surface area contributed by atoms with Crippen molar-refractivity contribution in [1.82, 2.24) is 15.5 Å². The van der Waals surface area contributed by atoms with Crippen LogP contribution in [-0.4, -0.2) is 63.3 Å². The number of amides is 1. The van der Waals surface area contributed by atoms with Gasteiger partial charge in [0.25, 0.3) is 0 Å². The Morgan fingerprint density at radius 1 is 1.28 bits per heavy atom. The maximum atomic E-state index is 11.4. The molecular formula is C13H25N3O2. The van der Waals surface area contributed by atoms with Gasteiger partial charge in [-0.2, -0.15) is 0 Å². The molecule has 0 aromatic rings. The van der Waals surface area contributed by atoms with E-state index >= 15 is 0 Å². The highest BCUT2D eigenvalue weighted by molar-refractivity contribution is 5.77. The number of carbonyl (C=O) groups excluding carboxylic acids is 1. The highest BCUT2D eigenvalue weighted by Crippen LogP contribution is 2.27. The van der Waals surface area contributed by atoms with Crippen LogP contribution in [0.2, 0.25) is 0 Å². The fourth-order valence-corrected chi connectivity index (χ4v) is 2.10. The molecule has 0 atom stereocenters. The van der Waals surface area contributed by atoms with Crippen molar-refractivity contribution in [3.8, 4) is 0 Å². The lowest BCUT2D eigenvalue weighted by Crippen LogP contribution is -2.39. The lowest BCUT2D eigenvalue weighted by molar-refractivity contribution is -0.120. The molecular weight excluding hydrogens is 230 g/mol. The molecule has 0 radical (unpaired) electrons. The highest BCUT2D eigenvalue weighted by atomic mass is 16.5. The van der Waals surface area contributed by atoms with E-state index in [0.29, 0.717) is 6.54 Å². The van der Waals surface area contributed by atoms with E-state index < -0.39 is 0 Å². The Bertz CT molecular complexity index is 251. The Balaban J connectivity index is 1.39. The second-order valence-electron chi connectivity index (χ2n) is 5.23. The van der Waals surface area contributed by atoms with Crippen molar-refractivity contribution in [2.45, 2.75) is 19.3 Å². The number of carbonyl (C=O) groups is 1. The number of rotatable bonds is 8. The Morgan fingerprint density at radius 2 is 2.06 bits per heavy atom. The summed E-state index contributed by atoms with van der Waals surface area (Å²) in [4.78, 5) is 13.9. The summed E-state index contributed by atoms with van der Waals surface area (Å²) in [5.41, 5.74) is 0. The van der Waals surface area contributed by atoms with Crippen LogP contribution < -0.4 is 10.6 Å². The van der Waals surface area contributed by atoms with Crippen LogP contribution >= 0.6 is 0 Å². The van der Waals surface area contributed by atoms with E-state index in [-0.39, 0.29) is 5.91 Å². The highest BCUT2D eigenvalue weighted by Gasteiger charge is 2.21. The quantitative estimate of drug-likeness (QED) is 0.591. The van der Waals surface area contributed by atoms with E-state index in [1.54, 1.807) is 0 Å². The van der Waals surface area contributed by atoms with Crippen LogP contribution in [-0.2, 0) is 9.53 Å². The minimum absolute atomic E-state index is 0.133. The fourth-order valence-electron chi connectivity index (χ4n) is 2.10. The van der Waals surface area contributed by atoms with Crippen molar-refractivity contribution in [2.24, 2.45) is 5.92 Å². The largest absolute Gasteiger partial charge is 0.379 e. The van der Waals surface area contributed by atoms with Gasteiger partial charge in [-0.25, -0.2) is 0 Å². The molecule has 2 aliphatic rings. The maximum Gasteiger partial charge on any atom is 0.233 e. The Kier molecular flexibility index (Phi) is 5.90. The average molecular weight is 255 g/mol. The second-order valence-corrected chi connectivity index (χ2v) is 5.23. The SMILES string of the molecule is O=C(CNCCCN1CCOCC1)NCC1CC1. The third-order valence-electron chi connectivity index (χ3n) is 3.50. The van der Waals surface area contributed by atoms with Crippen molar-refractivity contribution in [3.05, 3.63) is 0 Å². The molecule has 104 valence electrons. The molecule has 2 rings (SSSR count). The van der Waals surface area contributed by atoms with Crippen LogP contribution in [0.3, 0.4) is 0 Å². The molecule has 18 heavy (non-hydrogen) atoms. The Labute approximate surface area is 109 Å². The van der Waals surface area contributed by atoms with Crippen molar-refractivity contribution in [2.75, 3.05) is 52.5 Å². The van der Waals surface area contributed by atoms with Crippen LogP contribution in [0.1, 0.15) is 19.3 Å². The molecule has 5 nitrogen and oxygen atoms in total. The van der Waals surface area contributed by atoms with Crippen molar-refractivity contribution in [3.63, 3.8) is 0 Å². The molecule has 1 saturated heterocycles. The van der Waals surface area contributed by atoms with Crippen molar-refractivity contribution >= 4 is 5.91 Å². The molecule has 0 bridgehead atoms. The third-order valence-corrected chi connectivity index (χ3v) is 3.50. The second kappa shape index (κ2) is 7.71. The van der Waals surface area contributed by atoms with Gasteiger partial charge in [0.2, 0.25) is 5.91 Å². The van der Waals surface area contributed by atoms with Gasteiger partial charge in [-0.15, -0.1) is 0 Å². The molecule has 1 aliphatic heterocycles. The minimum atomic E-state index is 0.133. The van der Waals surface area contributed by atoms with Gasteiger partial charge in [0, 0.05) is 19.6 Å². The number of ether oxygens (including phenoxy) is 1. The first kappa shape index (κ1) is 13.8. The lowest BCUT2D eigenvalue weighted by Gasteiger charge is -2.26. The smallest absolute Gasteiger partial charge is 0.233 e. The van der Waals surface area contributed by atoms with E-state index in [1.807, 2.05) is 0 Å². The van der Waals surface area contributed by atoms with E-state index in [9.17, 15) is 4.79 Å². The number of nitrogens with zero attached hydrogens (tertiary/aromatic N) is 1. The number of nitrogens with one attached hydrogen (secondary N) is 2. The molecule has 0 aromatic heterocycles. The molecule has 1 amide bonds. The molecule has 1 heterocycles. The predicted octanol–water partition coefficient (Wildman–Crippen LogP) is -0.175. The third kappa shape index (κ3) is 5.80. The molecule has 2 fully saturated rings. The van der Waals surface area contributed by atoms with E-state index in [2.05, 4.69) is 15.5 Å². The van der Waals surface area contributed by atoms with Crippen LogP contribution in [0.15, 0.2) is 0 Å². The lowest BCUT2D eigenvalue weighted by atomic mass is 10.3. The first-order valence-corrected chi connectivity index (χ1v) is 7.12. The molecule has 1 aliphatic carbocycles. The van der Waals surface area contributed by atoms with Gasteiger partial charge in [0.15, 0.2) is 0 Å². The summed E-state index contributed by atoms with van der Waals surface area (Å²) in [6, 6.07) is 0. The van der Waals surface area contributed by atoms with E-state index in [4.69, 9.17) is 4.74 Å². The summed E-state index contributed by atoms with van der Waals surface area (Å²) in [7, 11) is 0. The van der Waals surface area contributed by atoms with Crippen LogP contribution in [0.25, 0.3) is 0 Å². The van der Waals surface area contributed by atoms with E-state index in [1.165, 1.54) is 12.8 Å². The summed E-state index contributed by atoms with van der Waals surface area (Å²) in [6.45, 7) is 7.14. The van der Waals surface area contributed by atoms with Crippen molar-refractivity contribution < 1.29 is 9.53 Å². The molecule has 2 N–H and O–H groups in total. The monoisotopic (exact) mass is 255 g/mol. The summed E-state index contributed by atoms with van der Waals surface area (Å²) in [5, 5.41) is 6.16. The summed E-state index contributed by atoms with van der Waals surface area (Å²) in [5.74, 6) is 0.892. The van der Waals surface area contributed by atoms with E-state index in [0.717, 1.165) is 58.3 Å². The zero-order chi connectivity index (χ0) is 12.6. The zero-order valence-electron chi connectivity index (χ0n) is 11.1. The zero-order valence-corrected chi connectivity index (χ0v) is 11.1. The molecule has 0 spiro atoms. The van der Waals surface area contributed by atoms with Gasteiger partial charge < -0.3 is 15.4 Å². The van der Waals surface area contributed by atoms with Gasteiger partial charge >= 0.3 is 0 Å². The summed E-state index contributed by atoms with van der Waals surface area (Å²) in [6.07, 6.45) is 3.66. The van der Waals surface area contributed by atoms with Crippen LogP contribution in [0, 0.1) is 5.92 Å². The van der Waals surface area contributed by atoms with Gasteiger partial charge in [0.1, 0.15) is 0 Å². The topological polar surface area (TPSA) is 53.6 Å². The minimum Gasteiger partial charge on any atom is -0.379 e. The first-order valence-electron chi connectivity index (χ1n) is 7.12. The maximum absolute atomic E-state index is 11.4.